The van der Waals surface area contributed by atoms with Gasteiger partial charge in [-0.3, -0.25) is 14.4 Å². The lowest BCUT2D eigenvalue weighted by Crippen LogP contribution is -2.66. The number of hydrogen-bond donors (Lipinski definition) is 1. The number of carbonyl (C=O) groups is 3. The second kappa shape index (κ2) is 8.57. The lowest BCUT2D eigenvalue weighted by Gasteiger charge is -2.35. The van der Waals surface area contributed by atoms with Crippen LogP contribution in [0.15, 0.2) is 29.5 Å². The summed E-state index contributed by atoms with van der Waals surface area (Å²) in [6.07, 6.45) is -4.07. The summed E-state index contributed by atoms with van der Waals surface area (Å²) in [7, 11) is 2.96. The third kappa shape index (κ3) is 4.27. The first-order chi connectivity index (χ1) is 16.3. The standard InChI is InChI=1S/C25H29F3N2O5/c1-23(2)12-16-20(17(31)13-23)24(25(26,27)28,29-21(32)15-6-7-15)22(33)30(16)10-9-14-5-8-18(34-3)19(11-14)35-4/h5,8,11,15H,6-7,9-10,12-13H2,1-4H3,(H,29,32)/t24-/m0/s1. The number of ketones is 1. The van der Waals surface area contributed by atoms with Crippen molar-refractivity contribution in [2.45, 2.75) is 57.7 Å². The monoisotopic (exact) mass is 494 g/mol. The summed E-state index contributed by atoms with van der Waals surface area (Å²) in [5.74, 6) is -2.55. The molecule has 2 amide bonds. The van der Waals surface area contributed by atoms with Crippen LogP contribution in [0.4, 0.5) is 13.2 Å². The maximum atomic E-state index is 14.7. The predicted molar refractivity (Wildman–Crippen MR) is 120 cm³/mol. The Balaban J connectivity index is 1.74. The van der Waals surface area contributed by atoms with Crippen molar-refractivity contribution in [1.82, 2.24) is 10.2 Å². The van der Waals surface area contributed by atoms with Gasteiger partial charge < -0.3 is 19.7 Å². The zero-order valence-corrected chi connectivity index (χ0v) is 20.2. The maximum Gasteiger partial charge on any atom is 0.425 e. The van der Waals surface area contributed by atoms with Crippen molar-refractivity contribution >= 4 is 17.6 Å². The largest absolute Gasteiger partial charge is 0.493 e. The lowest BCUT2D eigenvalue weighted by molar-refractivity contribution is -0.194. The number of benzene rings is 1. The van der Waals surface area contributed by atoms with Crippen LogP contribution in [0.2, 0.25) is 0 Å². The molecule has 3 aliphatic rings. The molecule has 1 N–H and O–H groups in total. The van der Waals surface area contributed by atoms with E-state index in [9.17, 15) is 27.6 Å². The molecule has 0 aromatic heterocycles. The van der Waals surface area contributed by atoms with Gasteiger partial charge in [0.2, 0.25) is 11.4 Å². The Kier molecular flexibility index (Phi) is 6.13. The van der Waals surface area contributed by atoms with Gasteiger partial charge >= 0.3 is 6.18 Å². The highest BCUT2D eigenvalue weighted by molar-refractivity contribution is 6.13. The highest BCUT2D eigenvalue weighted by atomic mass is 19.4. The van der Waals surface area contributed by atoms with E-state index in [0.717, 1.165) is 4.90 Å². The zero-order chi connectivity index (χ0) is 25.8. The van der Waals surface area contributed by atoms with Crippen molar-refractivity contribution in [2.24, 2.45) is 11.3 Å². The predicted octanol–water partition coefficient (Wildman–Crippen LogP) is 3.56. The molecule has 0 spiro atoms. The normalized spacial score (nSPS) is 23.9. The number of nitrogens with zero attached hydrogens (tertiary/aromatic N) is 1. The SMILES string of the molecule is COc1ccc(CCN2C(=O)[C@](NC(=O)C3CC3)(C(F)(F)F)C3=C2CC(C)(C)CC3=O)cc1OC. The van der Waals surface area contributed by atoms with Gasteiger partial charge in [0, 0.05) is 24.6 Å². The number of amides is 2. The van der Waals surface area contributed by atoms with Crippen LogP contribution in [-0.2, 0) is 20.8 Å². The summed E-state index contributed by atoms with van der Waals surface area (Å²) in [5.41, 5.74) is -3.85. The second-order valence-corrected chi connectivity index (χ2v) is 10.2. The molecule has 1 fully saturated rings. The van der Waals surface area contributed by atoms with Crippen LogP contribution in [0.1, 0.15) is 45.1 Å². The van der Waals surface area contributed by atoms with Crippen molar-refractivity contribution in [3.05, 3.63) is 35.0 Å². The van der Waals surface area contributed by atoms with Crippen LogP contribution in [-0.4, -0.2) is 55.0 Å². The highest BCUT2D eigenvalue weighted by Crippen LogP contribution is 2.52. The number of hydrogen-bond acceptors (Lipinski definition) is 5. The number of nitrogens with one attached hydrogen (secondary N) is 1. The molecule has 190 valence electrons. The first-order valence-electron chi connectivity index (χ1n) is 11.5. The van der Waals surface area contributed by atoms with Gasteiger partial charge in [0.1, 0.15) is 0 Å². The molecule has 7 nitrogen and oxygen atoms in total. The van der Waals surface area contributed by atoms with E-state index in [0.29, 0.717) is 29.9 Å². The molecule has 0 unspecified atom stereocenters. The molecule has 35 heavy (non-hydrogen) atoms. The second-order valence-electron chi connectivity index (χ2n) is 10.2. The summed E-state index contributed by atoms with van der Waals surface area (Å²) in [5, 5.41) is 1.99. The van der Waals surface area contributed by atoms with Crippen LogP contribution < -0.4 is 14.8 Å². The number of methoxy groups -OCH3 is 2. The summed E-state index contributed by atoms with van der Waals surface area (Å²) >= 11 is 0. The Bertz CT molecular complexity index is 1110. The van der Waals surface area contributed by atoms with Gasteiger partial charge in [-0.15, -0.1) is 0 Å². The van der Waals surface area contributed by atoms with Gasteiger partial charge in [-0.2, -0.15) is 13.2 Å². The van der Waals surface area contributed by atoms with E-state index in [2.05, 4.69) is 0 Å². The Morgan fingerprint density at radius 3 is 2.34 bits per heavy atom. The number of rotatable bonds is 7. The Morgan fingerprint density at radius 2 is 1.77 bits per heavy atom. The quantitative estimate of drug-likeness (QED) is 0.627. The van der Waals surface area contributed by atoms with E-state index in [-0.39, 0.29) is 31.5 Å². The number of Topliss-reactive ketones (excluding diaryl/α,β-unsaturated/α-hetero) is 1. The summed E-state index contributed by atoms with van der Waals surface area (Å²) < 4.78 is 54.6. The van der Waals surface area contributed by atoms with E-state index >= 15 is 0 Å². The molecule has 1 aromatic carbocycles. The van der Waals surface area contributed by atoms with Crippen molar-refractivity contribution in [3.8, 4) is 11.5 Å². The number of halogens is 3. The average Bonchev–Trinajstić information content (AvgIpc) is 3.58. The molecule has 10 heteroatoms. The fraction of sp³-hybridized carbons (Fsp3) is 0.560. The minimum Gasteiger partial charge on any atom is -0.493 e. The van der Waals surface area contributed by atoms with Gasteiger partial charge in [0.25, 0.3) is 5.91 Å². The molecule has 1 heterocycles. The fourth-order valence-corrected chi connectivity index (χ4v) is 4.97. The van der Waals surface area contributed by atoms with Crippen molar-refractivity contribution in [2.75, 3.05) is 20.8 Å². The van der Waals surface area contributed by atoms with E-state index in [4.69, 9.17) is 9.47 Å². The molecule has 1 saturated carbocycles. The van der Waals surface area contributed by atoms with Crippen LogP contribution in [0.25, 0.3) is 0 Å². The Labute approximate surface area is 201 Å². The molecule has 1 atom stereocenters. The fourth-order valence-electron chi connectivity index (χ4n) is 4.97. The van der Waals surface area contributed by atoms with Crippen molar-refractivity contribution in [3.63, 3.8) is 0 Å². The molecule has 4 rings (SSSR count). The Morgan fingerprint density at radius 1 is 1.11 bits per heavy atom. The minimum absolute atomic E-state index is 0.0464. The molecule has 1 aromatic rings. The first kappa shape index (κ1) is 25.1. The van der Waals surface area contributed by atoms with Gasteiger partial charge in [0.05, 0.1) is 19.8 Å². The van der Waals surface area contributed by atoms with E-state index < -0.39 is 46.2 Å². The van der Waals surface area contributed by atoms with Crippen LogP contribution in [0.3, 0.4) is 0 Å². The number of allylic oxidation sites excluding steroid dienone is 1. The molecule has 1 aliphatic heterocycles. The van der Waals surface area contributed by atoms with Crippen LogP contribution >= 0.6 is 0 Å². The first-order valence-corrected chi connectivity index (χ1v) is 11.5. The van der Waals surface area contributed by atoms with E-state index in [1.54, 1.807) is 32.0 Å². The Hall–Kier alpha value is -3.04. The van der Waals surface area contributed by atoms with Crippen molar-refractivity contribution in [1.29, 1.82) is 0 Å². The summed E-state index contributed by atoms with van der Waals surface area (Å²) in [6, 6.07) is 5.10. The molecule has 2 aliphatic carbocycles. The molecule has 0 radical (unpaired) electrons. The van der Waals surface area contributed by atoms with Gasteiger partial charge in [0.15, 0.2) is 17.3 Å². The highest BCUT2D eigenvalue weighted by Gasteiger charge is 2.71. The summed E-state index contributed by atoms with van der Waals surface area (Å²) in [4.78, 5) is 40.3. The average molecular weight is 495 g/mol. The van der Waals surface area contributed by atoms with Crippen molar-refractivity contribution < 1.29 is 37.0 Å². The van der Waals surface area contributed by atoms with E-state index in [1.165, 1.54) is 14.2 Å². The topological polar surface area (TPSA) is 84.9 Å². The number of ether oxygens (including phenoxy) is 2. The molecular formula is C25H29F3N2O5. The third-order valence-electron chi connectivity index (χ3n) is 6.88. The van der Waals surface area contributed by atoms with Gasteiger partial charge in [-0.25, -0.2) is 0 Å². The zero-order valence-electron chi connectivity index (χ0n) is 20.2. The van der Waals surface area contributed by atoms with Gasteiger partial charge in [-0.1, -0.05) is 19.9 Å². The molecule has 0 saturated heterocycles. The lowest BCUT2D eigenvalue weighted by atomic mass is 9.72. The third-order valence-corrected chi connectivity index (χ3v) is 6.88. The smallest absolute Gasteiger partial charge is 0.425 e. The molecule has 0 bridgehead atoms. The number of carbonyl (C=O) groups excluding carboxylic acids is 3. The van der Waals surface area contributed by atoms with E-state index in [1.807, 2.05) is 5.32 Å². The minimum atomic E-state index is -5.18. The molecular weight excluding hydrogens is 465 g/mol. The van der Waals surface area contributed by atoms with Crippen LogP contribution in [0, 0.1) is 11.3 Å². The van der Waals surface area contributed by atoms with Crippen LogP contribution in [0.5, 0.6) is 11.5 Å². The van der Waals surface area contributed by atoms with Gasteiger partial charge in [-0.05, 0) is 48.8 Å². The maximum absolute atomic E-state index is 14.7. The number of alkyl halides is 3. The summed E-state index contributed by atoms with van der Waals surface area (Å²) in [6.45, 7) is 3.47.